The number of aromatic nitrogens is 2. The van der Waals surface area contributed by atoms with E-state index in [-0.39, 0.29) is 18.4 Å². The van der Waals surface area contributed by atoms with E-state index in [1.54, 1.807) is 0 Å². The predicted molar refractivity (Wildman–Crippen MR) is 89.1 cm³/mol. The first kappa shape index (κ1) is 15.0. The molecule has 5 heteroatoms. The van der Waals surface area contributed by atoms with Gasteiger partial charge in [-0.25, -0.2) is 0 Å². The van der Waals surface area contributed by atoms with Crippen LogP contribution in [-0.2, 0) is 0 Å². The minimum atomic E-state index is 0. The second-order valence-corrected chi connectivity index (χ2v) is 5.49. The van der Waals surface area contributed by atoms with Gasteiger partial charge in [0.15, 0.2) is 0 Å². The van der Waals surface area contributed by atoms with Gasteiger partial charge in [0.05, 0.1) is 6.04 Å². The van der Waals surface area contributed by atoms with Crippen molar-refractivity contribution >= 4 is 23.2 Å². The third-order valence-electron chi connectivity index (χ3n) is 4.08. The van der Waals surface area contributed by atoms with Crippen LogP contribution in [0.3, 0.4) is 0 Å². The molecule has 0 radical (unpaired) electrons. The number of hydrogen-bond acceptors (Lipinski definition) is 4. The quantitative estimate of drug-likeness (QED) is 0.772. The lowest BCUT2D eigenvalue weighted by Gasteiger charge is -2.19. The van der Waals surface area contributed by atoms with E-state index in [0.29, 0.717) is 11.7 Å². The topological polar surface area (TPSA) is 51.0 Å². The largest absolute Gasteiger partial charge is 0.337 e. The summed E-state index contributed by atoms with van der Waals surface area (Å²) in [6.07, 6.45) is 3.50. The molecule has 0 bridgehead atoms. The van der Waals surface area contributed by atoms with Gasteiger partial charge in [-0.3, -0.25) is 0 Å². The summed E-state index contributed by atoms with van der Waals surface area (Å²) in [6.45, 7) is 1.02. The molecule has 1 aromatic heterocycles. The van der Waals surface area contributed by atoms with Crippen molar-refractivity contribution < 1.29 is 4.52 Å². The Balaban J connectivity index is 0.00000144. The zero-order valence-corrected chi connectivity index (χ0v) is 13.0. The molecule has 0 amide bonds. The molecule has 1 aliphatic rings. The highest BCUT2D eigenvalue weighted by molar-refractivity contribution is 5.94. The van der Waals surface area contributed by atoms with E-state index in [9.17, 15) is 0 Å². The smallest absolute Gasteiger partial charge is 0.244 e. The number of nitrogens with zero attached hydrogens (tertiary/aromatic N) is 2. The number of piperidine rings is 1. The van der Waals surface area contributed by atoms with Crippen molar-refractivity contribution in [2.24, 2.45) is 0 Å². The number of hydrogen-bond donors (Lipinski definition) is 1. The molecule has 4 rings (SSSR count). The SMILES string of the molecule is Cl.c1ccc2c(-c3noc([C@H]4CCCCN4)n3)cccc2c1. The van der Waals surface area contributed by atoms with E-state index in [4.69, 9.17) is 4.52 Å². The van der Waals surface area contributed by atoms with Crippen molar-refractivity contribution in [1.82, 2.24) is 15.5 Å². The highest BCUT2D eigenvalue weighted by Crippen LogP contribution is 2.28. The fraction of sp³-hybridized carbons (Fsp3) is 0.294. The molecule has 0 spiro atoms. The number of rotatable bonds is 2. The van der Waals surface area contributed by atoms with E-state index >= 15 is 0 Å². The summed E-state index contributed by atoms with van der Waals surface area (Å²) >= 11 is 0. The molecule has 1 atom stereocenters. The van der Waals surface area contributed by atoms with Gasteiger partial charge < -0.3 is 9.84 Å². The van der Waals surface area contributed by atoms with Crippen LogP contribution in [0.5, 0.6) is 0 Å². The first-order valence-electron chi connectivity index (χ1n) is 7.47. The average molecular weight is 316 g/mol. The molecule has 1 saturated heterocycles. The molecule has 1 aliphatic heterocycles. The Bertz CT molecular complexity index is 760. The first-order chi connectivity index (χ1) is 10.4. The average Bonchev–Trinajstić information content (AvgIpc) is 3.05. The Kier molecular flexibility index (Phi) is 4.41. The highest BCUT2D eigenvalue weighted by atomic mass is 35.5. The minimum Gasteiger partial charge on any atom is -0.337 e. The highest BCUT2D eigenvalue weighted by Gasteiger charge is 2.21. The Hall–Kier alpha value is -1.91. The fourth-order valence-electron chi connectivity index (χ4n) is 2.97. The third kappa shape index (κ3) is 2.72. The van der Waals surface area contributed by atoms with Crippen LogP contribution in [0.15, 0.2) is 47.0 Å². The molecule has 0 saturated carbocycles. The van der Waals surface area contributed by atoms with Crippen molar-refractivity contribution in [1.29, 1.82) is 0 Å². The maximum absolute atomic E-state index is 5.48. The zero-order valence-electron chi connectivity index (χ0n) is 12.2. The predicted octanol–water partition coefficient (Wildman–Crippen LogP) is 4.13. The Morgan fingerprint density at radius 3 is 2.77 bits per heavy atom. The minimum absolute atomic E-state index is 0. The lowest BCUT2D eigenvalue weighted by atomic mass is 10.0. The van der Waals surface area contributed by atoms with Crippen LogP contribution in [0, 0.1) is 0 Å². The number of fused-ring (bicyclic) bond motifs is 1. The Labute approximate surface area is 135 Å². The second kappa shape index (κ2) is 6.46. The van der Waals surface area contributed by atoms with E-state index in [0.717, 1.165) is 23.9 Å². The number of benzene rings is 2. The Morgan fingerprint density at radius 2 is 1.91 bits per heavy atom. The van der Waals surface area contributed by atoms with Gasteiger partial charge in [-0.15, -0.1) is 12.4 Å². The normalized spacial score (nSPS) is 18.1. The summed E-state index contributed by atoms with van der Waals surface area (Å²) in [7, 11) is 0. The lowest BCUT2D eigenvalue weighted by molar-refractivity contribution is 0.297. The van der Waals surface area contributed by atoms with Crippen LogP contribution < -0.4 is 5.32 Å². The third-order valence-corrected chi connectivity index (χ3v) is 4.08. The molecule has 4 nitrogen and oxygen atoms in total. The fourth-order valence-corrected chi connectivity index (χ4v) is 2.97. The van der Waals surface area contributed by atoms with E-state index in [1.807, 2.05) is 24.3 Å². The van der Waals surface area contributed by atoms with Crippen LogP contribution in [0.1, 0.15) is 31.2 Å². The molecule has 22 heavy (non-hydrogen) atoms. The first-order valence-corrected chi connectivity index (χ1v) is 7.47. The molecular formula is C17H18ClN3O. The lowest BCUT2D eigenvalue weighted by Crippen LogP contribution is -2.26. The second-order valence-electron chi connectivity index (χ2n) is 5.49. The maximum Gasteiger partial charge on any atom is 0.244 e. The standard InChI is InChI=1S/C17H17N3O.ClH/c1-2-8-13-12(6-1)7-5-9-14(13)16-19-17(21-20-16)15-10-3-4-11-18-15;/h1-2,5-9,15,18H,3-4,10-11H2;1H/t15-;/m1./s1. The molecule has 1 fully saturated rings. The number of halogens is 1. The van der Waals surface area contributed by atoms with Crippen LogP contribution in [0.25, 0.3) is 22.2 Å². The number of nitrogens with one attached hydrogen (secondary N) is 1. The van der Waals surface area contributed by atoms with Gasteiger partial charge in [-0.05, 0) is 30.2 Å². The van der Waals surface area contributed by atoms with Crippen LogP contribution >= 0.6 is 12.4 Å². The van der Waals surface area contributed by atoms with Gasteiger partial charge in [-0.1, -0.05) is 54.0 Å². The molecule has 0 aliphatic carbocycles. The summed E-state index contributed by atoms with van der Waals surface area (Å²) < 4.78 is 5.48. The van der Waals surface area contributed by atoms with Crippen molar-refractivity contribution in [3.05, 3.63) is 48.4 Å². The van der Waals surface area contributed by atoms with Crippen molar-refractivity contribution in [3.8, 4) is 11.4 Å². The summed E-state index contributed by atoms with van der Waals surface area (Å²) in [5, 5.41) is 9.97. The summed E-state index contributed by atoms with van der Waals surface area (Å²) in [4.78, 5) is 4.61. The monoisotopic (exact) mass is 315 g/mol. The molecular weight excluding hydrogens is 298 g/mol. The van der Waals surface area contributed by atoms with Crippen LogP contribution in [-0.4, -0.2) is 16.7 Å². The van der Waals surface area contributed by atoms with Gasteiger partial charge in [-0.2, -0.15) is 4.98 Å². The zero-order chi connectivity index (χ0) is 14.1. The summed E-state index contributed by atoms with van der Waals surface area (Å²) in [5.41, 5.74) is 1.03. The van der Waals surface area contributed by atoms with Crippen LogP contribution in [0.4, 0.5) is 0 Å². The van der Waals surface area contributed by atoms with E-state index < -0.39 is 0 Å². The van der Waals surface area contributed by atoms with Gasteiger partial charge >= 0.3 is 0 Å². The van der Waals surface area contributed by atoms with Gasteiger partial charge in [0.1, 0.15) is 0 Å². The molecule has 0 unspecified atom stereocenters. The van der Waals surface area contributed by atoms with E-state index in [1.165, 1.54) is 18.2 Å². The van der Waals surface area contributed by atoms with E-state index in [2.05, 4.69) is 33.7 Å². The summed E-state index contributed by atoms with van der Waals surface area (Å²) in [6, 6.07) is 14.7. The van der Waals surface area contributed by atoms with Crippen LogP contribution in [0.2, 0.25) is 0 Å². The molecule has 114 valence electrons. The van der Waals surface area contributed by atoms with Crippen molar-refractivity contribution in [2.75, 3.05) is 6.54 Å². The maximum atomic E-state index is 5.48. The molecule has 1 N–H and O–H groups in total. The van der Waals surface area contributed by atoms with Crippen molar-refractivity contribution in [2.45, 2.75) is 25.3 Å². The van der Waals surface area contributed by atoms with Gasteiger partial charge in [0.25, 0.3) is 0 Å². The van der Waals surface area contributed by atoms with Crippen molar-refractivity contribution in [3.63, 3.8) is 0 Å². The molecule has 2 heterocycles. The molecule has 2 aromatic carbocycles. The summed E-state index contributed by atoms with van der Waals surface area (Å²) in [5.74, 6) is 1.38. The molecule has 3 aromatic rings. The van der Waals surface area contributed by atoms with Gasteiger partial charge in [0.2, 0.25) is 11.7 Å². The Morgan fingerprint density at radius 1 is 1.05 bits per heavy atom. The van der Waals surface area contributed by atoms with Gasteiger partial charge in [0, 0.05) is 5.56 Å².